The number of carbonyl (C=O) groups is 2. The molecule has 194 valence electrons. The SMILES string of the molecule is CCCOc1cc(C2/C(=C(/O)c3ccc(OC(C)C)cc3)C(=O)C(=O)N2CCN(C)C)ccc1OC. The minimum Gasteiger partial charge on any atom is -0.507 e. The third-order valence-electron chi connectivity index (χ3n) is 5.79. The lowest BCUT2D eigenvalue weighted by Crippen LogP contribution is -2.35. The number of rotatable bonds is 11. The Labute approximate surface area is 213 Å². The average Bonchev–Trinajstić information content (AvgIpc) is 3.10. The Bertz CT molecular complexity index is 1110. The van der Waals surface area contributed by atoms with Gasteiger partial charge in [-0.15, -0.1) is 0 Å². The molecule has 0 radical (unpaired) electrons. The highest BCUT2D eigenvalue weighted by Gasteiger charge is 2.46. The summed E-state index contributed by atoms with van der Waals surface area (Å²) in [5.41, 5.74) is 1.13. The van der Waals surface area contributed by atoms with E-state index >= 15 is 0 Å². The van der Waals surface area contributed by atoms with Crippen molar-refractivity contribution >= 4 is 17.4 Å². The van der Waals surface area contributed by atoms with Gasteiger partial charge in [-0.1, -0.05) is 13.0 Å². The summed E-state index contributed by atoms with van der Waals surface area (Å²) >= 11 is 0. The molecule has 0 aliphatic carbocycles. The molecule has 1 atom stereocenters. The molecule has 36 heavy (non-hydrogen) atoms. The molecule has 0 spiro atoms. The second kappa shape index (κ2) is 11.9. The van der Waals surface area contributed by atoms with Crippen LogP contribution in [0, 0.1) is 0 Å². The number of benzene rings is 2. The lowest BCUT2D eigenvalue weighted by Gasteiger charge is -2.27. The lowest BCUT2D eigenvalue weighted by atomic mass is 9.95. The van der Waals surface area contributed by atoms with Gasteiger partial charge in [-0.05, 0) is 76.3 Å². The number of ether oxygens (including phenoxy) is 3. The van der Waals surface area contributed by atoms with Crippen molar-refractivity contribution in [2.75, 3.05) is 40.9 Å². The number of amides is 1. The second-order valence-corrected chi connectivity index (χ2v) is 9.25. The number of ketones is 1. The van der Waals surface area contributed by atoms with Gasteiger partial charge in [0, 0.05) is 18.7 Å². The first-order chi connectivity index (χ1) is 17.2. The molecule has 2 aromatic carbocycles. The number of methoxy groups -OCH3 is 1. The summed E-state index contributed by atoms with van der Waals surface area (Å²) in [7, 11) is 5.36. The minimum atomic E-state index is -0.772. The molecule has 0 bridgehead atoms. The van der Waals surface area contributed by atoms with Crippen LogP contribution in [0.25, 0.3) is 5.76 Å². The Morgan fingerprint density at radius 1 is 1.08 bits per heavy atom. The van der Waals surface area contributed by atoms with Gasteiger partial charge in [0.15, 0.2) is 11.5 Å². The summed E-state index contributed by atoms with van der Waals surface area (Å²) in [6.45, 7) is 7.22. The number of hydrogen-bond donors (Lipinski definition) is 1. The van der Waals surface area contributed by atoms with Crippen molar-refractivity contribution in [1.82, 2.24) is 9.80 Å². The topological polar surface area (TPSA) is 88.5 Å². The Hall–Kier alpha value is -3.52. The molecule has 8 nitrogen and oxygen atoms in total. The van der Waals surface area contributed by atoms with Crippen molar-refractivity contribution in [2.24, 2.45) is 0 Å². The fourth-order valence-corrected chi connectivity index (χ4v) is 4.07. The standard InChI is InChI=1S/C28H36N2O6/c1-7-16-35-23-17-20(10-13-22(23)34-6)25-24(27(32)28(33)30(25)15-14-29(4)5)26(31)19-8-11-21(12-9-19)36-18(2)3/h8-13,17-18,25,31H,7,14-16H2,1-6H3/b26-24-. The molecule has 1 heterocycles. The Balaban J connectivity index is 2.12. The molecule has 0 aromatic heterocycles. The van der Waals surface area contributed by atoms with Gasteiger partial charge in [-0.3, -0.25) is 9.59 Å². The number of likely N-dealkylation sites (tertiary alicyclic amines) is 1. The predicted molar refractivity (Wildman–Crippen MR) is 139 cm³/mol. The van der Waals surface area contributed by atoms with Crippen LogP contribution in [-0.4, -0.2) is 73.6 Å². The van der Waals surface area contributed by atoms with E-state index < -0.39 is 17.7 Å². The fourth-order valence-electron chi connectivity index (χ4n) is 4.07. The maximum Gasteiger partial charge on any atom is 0.295 e. The van der Waals surface area contributed by atoms with Crippen molar-refractivity contribution in [3.8, 4) is 17.2 Å². The van der Waals surface area contributed by atoms with Crippen molar-refractivity contribution in [3.63, 3.8) is 0 Å². The number of hydrogen-bond acceptors (Lipinski definition) is 7. The van der Waals surface area contributed by atoms with Crippen molar-refractivity contribution in [2.45, 2.75) is 39.3 Å². The smallest absolute Gasteiger partial charge is 0.295 e. The van der Waals surface area contributed by atoms with E-state index in [1.54, 1.807) is 49.6 Å². The summed E-state index contributed by atoms with van der Waals surface area (Å²) in [5.74, 6) is 0.134. The zero-order valence-corrected chi connectivity index (χ0v) is 21.9. The number of carbonyl (C=O) groups excluding carboxylic acids is 2. The van der Waals surface area contributed by atoms with E-state index in [0.717, 1.165) is 6.42 Å². The van der Waals surface area contributed by atoms with Gasteiger partial charge >= 0.3 is 0 Å². The number of likely N-dealkylation sites (N-methyl/N-ethyl adjacent to an activating group) is 1. The van der Waals surface area contributed by atoms with Gasteiger partial charge in [0.1, 0.15) is 11.5 Å². The molecule has 1 amide bonds. The van der Waals surface area contributed by atoms with Crippen LogP contribution < -0.4 is 14.2 Å². The molecule has 3 rings (SSSR count). The molecule has 8 heteroatoms. The summed E-state index contributed by atoms with van der Waals surface area (Å²) < 4.78 is 17.0. The van der Waals surface area contributed by atoms with E-state index in [9.17, 15) is 14.7 Å². The Morgan fingerprint density at radius 2 is 1.78 bits per heavy atom. The highest BCUT2D eigenvalue weighted by atomic mass is 16.5. The number of Topliss-reactive ketones (excluding diaryl/α,β-unsaturated/α-hetero) is 1. The molecular formula is C28H36N2O6. The zero-order valence-electron chi connectivity index (χ0n) is 21.9. The van der Waals surface area contributed by atoms with Crippen LogP contribution in [0.2, 0.25) is 0 Å². The Kier molecular flexibility index (Phi) is 8.98. The summed E-state index contributed by atoms with van der Waals surface area (Å²) in [6, 6.07) is 11.4. The predicted octanol–water partition coefficient (Wildman–Crippen LogP) is 4.25. The normalized spacial score (nSPS) is 17.2. The summed E-state index contributed by atoms with van der Waals surface area (Å²) in [4.78, 5) is 29.8. The third kappa shape index (κ3) is 5.99. The molecule has 1 unspecified atom stereocenters. The van der Waals surface area contributed by atoms with E-state index in [1.807, 2.05) is 39.8 Å². The monoisotopic (exact) mass is 496 g/mol. The largest absolute Gasteiger partial charge is 0.507 e. The maximum atomic E-state index is 13.2. The van der Waals surface area contributed by atoms with Crippen molar-refractivity contribution in [1.29, 1.82) is 0 Å². The lowest BCUT2D eigenvalue weighted by molar-refractivity contribution is -0.140. The fraction of sp³-hybridized carbons (Fsp3) is 0.429. The van der Waals surface area contributed by atoms with Crippen molar-refractivity contribution < 1.29 is 28.9 Å². The molecular weight excluding hydrogens is 460 g/mol. The van der Waals surface area contributed by atoms with Gasteiger partial charge < -0.3 is 29.1 Å². The molecule has 2 aromatic rings. The molecule has 1 aliphatic heterocycles. The maximum absolute atomic E-state index is 13.2. The van der Waals surface area contributed by atoms with Gasteiger partial charge in [0.25, 0.3) is 11.7 Å². The summed E-state index contributed by atoms with van der Waals surface area (Å²) in [6.07, 6.45) is 0.816. The van der Waals surface area contributed by atoms with E-state index in [0.29, 0.717) is 48.1 Å². The van der Waals surface area contributed by atoms with E-state index in [1.165, 1.54) is 4.90 Å². The number of aliphatic hydroxyl groups is 1. The van der Waals surface area contributed by atoms with Crippen LogP contribution in [0.5, 0.6) is 17.2 Å². The summed E-state index contributed by atoms with van der Waals surface area (Å²) in [5, 5.41) is 11.3. The molecule has 1 fully saturated rings. The molecule has 1 N–H and O–H groups in total. The zero-order chi connectivity index (χ0) is 26.4. The highest BCUT2D eigenvalue weighted by molar-refractivity contribution is 6.46. The van der Waals surface area contributed by atoms with Gasteiger partial charge in [-0.2, -0.15) is 0 Å². The highest BCUT2D eigenvalue weighted by Crippen LogP contribution is 2.42. The number of nitrogens with zero attached hydrogens (tertiary/aromatic N) is 2. The van der Waals surface area contributed by atoms with Crippen LogP contribution in [-0.2, 0) is 9.59 Å². The van der Waals surface area contributed by atoms with E-state index in [-0.39, 0.29) is 17.4 Å². The molecule has 1 aliphatic rings. The van der Waals surface area contributed by atoms with Crippen LogP contribution >= 0.6 is 0 Å². The third-order valence-corrected chi connectivity index (χ3v) is 5.79. The van der Waals surface area contributed by atoms with E-state index in [2.05, 4.69) is 0 Å². The van der Waals surface area contributed by atoms with E-state index in [4.69, 9.17) is 14.2 Å². The Morgan fingerprint density at radius 3 is 2.36 bits per heavy atom. The second-order valence-electron chi connectivity index (χ2n) is 9.25. The first-order valence-corrected chi connectivity index (χ1v) is 12.2. The average molecular weight is 497 g/mol. The quantitative estimate of drug-likeness (QED) is 0.283. The van der Waals surface area contributed by atoms with Crippen molar-refractivity contribution in [3.05, 3.63) is 59.2 Å². The van der Waals surface area contributed by atoms with Gasteiger partial charge in [-0.25, -0.2) is 0 Å². The first-order valence-electron chi connectivity index (χ1n) is 12.2. The van der Waals surface area contributed by atoms with Crippen LogP contribution in [0.1, 0.15) is 44.4 Å². The number of aliphatic hydroxyl groups excluding tert-OH is 1. The van der Waals surface area contributed by atoms with Gasteiger partial charge in [0.2, 0.25) is 0 Å². The van der Waals surface area contributed by atoms with Crippen LogP contribution in [0.3, 0.4) is 0 Å². The minimum absolute atomic E-state index is 0.00524. The van der Waals surface area contributed by atoms with Crippen LogP contribution in [0.4, 0.5) is 0 Å². The molecule has 0 saturated carbocycles. The van der Waals surface area contributed by atoms with Gasteiger partial charge in [0.05, 0.1) is 31.4 Å². The molecule has 1 saturated heterocycles. The first kappa shape index (κ1) is 27.1. The van der Waals surface area contributed by atoms with Crippen LogP contribution in [0.15, 0.2) is 48.0 Å².